The lowest BCUT2D eigenvalue weighted by Gasteiger charge is -2.29. The highest BCUT2D eigenvalue weighted by atomic mass is 32.2. The third-order valence-electron chi connectivity index (χ3n) is 4.50. The lowest BCUT2D eigenvalue weighted by Crippen LogP contribution is -2.40. The van der Waals surface area contributed by atoms with Crippen molar-refractivity contribution < 1.29 is 13.2 Å². The van der Waals surface area contributed by atoms with E-state index in [9.17, 15) is 13.2 Å². The third kappa shape index (κ3) is 4.62. The van der Waals surface area contributed by atoms with E-state index in [-0.39, 0.29) is 16.2 Å². The van der Waals surface area contributed by atoms with Gasteiger partial charge in [0.05, 0.1) is 0 Å². The first-order valence-corrected chi connectivity index (χ1v) is 10.1. The van der Waals surface area contributed by atoms with Crippen LogP contribution in [0.15, 0.2) is 33.6 Å². The van der Waals surface area contributed by atoms with Gasteiger partial charge in [-0.3, -0.25) is 4.79 Å². The zero-order valence-electron chi connectivity index (χ0n) is 15.9. The number of fused-ring (bicyclic) bond motifs is 1. The number of nitrogens with two attached hydrogens (primary N) is 1. The molecule has 2 N–H and O–H groups in total. The summed E-state index contributed by atoms with van der Waals surface area (Å²) in [6.07, 6.45) is 1.01. The average molecular weight is 381 g/mol. The first kappa shape index (κ1) is 20.4. The number of hydrogen-bond donors (Lipinski definition) is 1. The summed E-state index contributed by atoms with van der Waals surface area (Å²) in [7, 11) is -0.0397. The minimum absolute atomic E-state index is 0.0568. The SMILES string of the molecule is CN(CC(C)(C)CN)C(=O)CCCN(C)C1=NS(=O)(=O)c2ccccc21. The molecular weight excluding hydrogens is 352 g/mol. The summed E-state index contributed by atoms with van der Waals surface area (Å²) in [5.41, 5.74) is 6.22. The number of benzene rings is 1. The Morgan fingerprint density at radius 3 is 2.54 bits per heavy atom. The molecule has 1 aromatic carbocycles. The Bertz CT molecular complexity index is 802. The summed E-state index contributed by atoms with van der Waals surface area (Å²) in [4.78, 5) is 16.0. The Balaban J connectivity index is 1.92. The van der Waals surface area contributed by atoms with Crippen LogP contribution < -0.4 is 5.73 Å². The number of amides is 1. The molecule has 0 radical (unpaired) electrons. The van der Waals surface area contributed by atoms with E-state index in [1.807, 2.05) is 13.8 Å². The maximum atomic E-state index is 12.3. The molecule has 1 heterocycles. The van der Waals surface area contributed by atoms with Gasteiger partial charge < -0.3 is 15.5 Å². The Hall–Kier alpha value is -1.93. The highest BCUT2D eigenvalue weighted by Crippen LogP contribution is 2.27. The number of carbonyl (C=O) groups excluding carboxylic acids is 1. The van der Waals surface area contributed by atoms with Crippen molar-refractivity contribution in [2.45, 2.75) is 31.6 Å². The smallest absolute Gasteiger partial charge is 0.285 e. The van der Waals surface area contributed by atoms with Crippen LogP contribution in [0.3, 0.4) is 0 Å². The van der Waals surface area contributed by atoms with Crippen molar-refractivity contribution in [1.29, 1.82) is 0 Å². The molecule has 0 aliphatic carbocycles. The zero-order valence-corrected chi connectivity index (χ0v) is 16.7. The van der Waals surface area contributed by atoms with Crippen LogP contribution in [0.1, 0.15) is 32.3 Å². The Morgan fingerprint density at radius 2 is 1.88 bits per heavy atom. The Labute approximate surface area is 155 Å². The number of hydrogen-bond acceptors (Lipinski definition) is 5. The van der Waals surface area contributed by atoms with Crippen molar-refractivity contribution in [2.24, 2.45) is 15.5 Å². The van der Waals surface area contributed by atoms with Gasteiger partial charge in [-0.15, -0.1) is 4.40 Å². The normalized spacial score (nSPS) is 15.3. The average Bonchev–Trinajstić information content (AvgIpc) is 2.86. The lowest BCUT2D eigenvalue weighted by molar-refractivity contribution is -0.131. The second-order valence-electron chi connectivity index (χ2n) is 7.53. The highest BCUT2D eigenvalue weighted by Gasteiger charge is 2.30. The van der Waals surface area contributed by atoms with Crippen LogP contribution >= 0.6 is 0 Å². The van der Waals surface area contributed by atoms with E-state index < -0.39 is 10.0 Å². The fourth-order valence-corrected chi connectivity index (χ4v) is 4.17. The van der Waals surface area contributed by atoms with E-state index in [0.717, 1.165) is 0 Å². The molecule has 1 aromatic rings. The van der Waals surface area contributed by atoms with Gasteiger partial charge in [0.15, 0.2) is 0 Å². The minimum atomic E-state index is -3.62. The molecule has 0 fully saturated rings. The van der Waals surface area contributed by atoms with Gasteiger partial charge in [0.1, 0.15) is 10.7 Å². The van der Waals surface area contributed by atoms with E-state index in [4.69, 9.17) is 5.73 Å². The van der Waals surface area contributed by atoms with Crippen molar-refractivity contribution in [2.75, 3.05) is 33.7 Å². The van der Waals surface area contributed by atoms with Crippen LogP contribution in [-0.4, -0.2) is 63.7 Å². The topological polar surface area (TPSA) is 96.1 Å². The number of sulfonamides is 1. The first-order valence-electron chi connectivity index (χ1n) is 8.67. The maximum absolute atomic E-state index is 12.3. The summed E-state index contributed by atoms with van der Waals surface area (Å²) in [6.45, 7) is 5.72. The molecule has 7 nitrogen and oxygen atoms in total. The first-order chi connectivity index (χ1) is 12.1. The Morgan fingerprint density at radius 1 is 1.23 bits per heavy atom. The predicted octanol–water partition coefficient (Wildman–Crippen LogP) is 1.29. The molecule has 0 spiro atoms. The van der Waals surface area contributed by atoms with Crippen molar-refractivity contribution in [3.05, 3.63) is 29.8 Å². The van der Waals surface area contributed by atoms with E-state index in [0.29, 0.717) is 43.9 Å². The van der Waals surface area contributed by atoms with Crippen LogP contribution in [0.4, 0.5) is 0 Å². The molecule has 0 atom stereocenters. The number of rotatable bonds is 7. The number of nitrogens with zero attached hydrogens (tertiary/aromatic N) is 3. The quantitative estimate of drug-likeness (QED) is 0.769. The van der Waals surface area contributed by atoms with Crippen LogP contribution in [0.25, 0.3) is 0 Å². The molecule has 0 unspecified atom stereocenters. The standard InChI is InChI=1S/C18H28N4O3S/c1-18(2,12-19)13-22(4)16(23)10-7-11-21(3)17-14-8-5-6-9-15(14)26(24,25)20-17/h5-6,8-9H,7,10-13,19H2,1-4H3. The van der Waals surface area contributed by atoms with Crippen LogP contribution in [0.2, 0.25) is 0 Å². The molecule has 0 saturated carbocycles. The van der Waals surface area contributed by atoms with Crippen molar-refractivity contribution in [3.63, 3.8) is 0 Å². The number of carbonyl (C=O) groups is 1. The third-order valence-corrected chi connectivity index (χ3v) is 5.83. The fraction of sp³-hybridized carbons (Fsp3) is 0.556. The van der Waals surface area contributed by atoms with Gasteiger partial charge in [0.2, 0.25) is 5.91 Å². The zero-order chi connectivity index (χ0) is 19.5. The second-order valence-corrected chi connectivity index (χ2v) is 9.10. The fourth-order valence-electron chi connectivity index (χ4n) is 2.92. The van der Waals surface area contributed by atoms with Crippen molar-refractivity contribution >= 4 is 21.8 Å². The largest absolute Gasteiger partial charge is 0.358 e. The van der Waals surface area contributed by atoms with Crippen LogP contribution in [0.5, 0.6) is 0 Å². The van der Waals surface area contributed by atoms with Gasteiger partial charge in [-0.2, -0.15) is 8.42 Å². The summed E-state index contributed by atoms with van der Waals surface area (Å²) in [5.74, 6) is 0.493. The van der Waals surface area contributed by atoms with E-state index in [2.05, 4.69) is 4.40 Å². The van der Waals surface area contributed by atoms with Crippen LogP contribution in [0, 0.1) is 5.41 Å². The van der Waals surface area contributed by atoms with E-state index in [1.54, 1.807) is 48.2 Å². The molecule has 1 aliphatic rings. The molecule has 1 amide bonds. The van der Waals surface area contributed by atoms with Crippen molar-refractivity contribution in [1.82, 2.24) is 9.80 Å². The highest BCUT2D eigenvalue weighted by molar-refractivity contribution is 7.90. The molecule has 144 valence electrons. The molecular formula is C18H28N4O3S. The maximum Gasteiger partial charge on any atom is 0.285 e. The van der Waals surface area contributed by atoms with Gasteiger partial charge in [0.25, 0.3) is 10.0 Å². The van der Waals surface area contributed by atoms with Crippen LogP contribution in [-0.2, 0) is 14.8 Å². The minimum Gasteiger partial charge on any atom is -0.358 e. The molecule has 0 aromatic heterocycles. The second kappa shape index (κ2) is 7.75. The Kier molecular flexibility index (Phi) is 6.08. The predicted molar refractivity (Wildman–Crippen MR) is 103 cm³/mol. The monoisotopic (exact) mass is 380 g/mol. The summed E-state index contributed by atoms with van der Waals surface area (Å²) >= 11 is 0. The summed E-state index contributed by atoms with van der Waals surface area (Å²) in [6, 6.07) is 6.79. The molecule has 0 bridgehead atoms. The van der Waals surface area contributed by atoms with Gasteiger partial charge in [-0.25, -0.2) is 0 Å². The van der Waals surface area contributed by atoms with Gasteiger partial charge in [0, 0.05) is 39.2 Å². The van der Waals surface area contributed by atoms with Gasteiger partial charge in [-0.1, -0.05) is 26.0 Å². The van der Waals surface area contributed by atoms with Gasteiger partial charge >= 0.3 is 0 Å². The molecule has 26 heavy (non-hydrogen) atoms. The molecule has 0 saturated heterocycles. The van der Waals surface area contributed by atoms with E-state index in [1.165, 1.54) is 0 Å². The number of amidine groups is 1. The molecule has 1 aliphatic heterocycles. The van der Waals surface area contributed by atoms with Gasteiger partial charge in [-0.05, 0) is 30.5 Å². The molecule has 2 rings (SSSR count). The van der Waals surface area contributed by atoms with E-state index >= 15 is 0 Å². The van der Waals surface area contributed by atoms with Crippen molar-refractivity contribution in [3.8, 4) is 0 Å². The summed E-state index contributed by atoms with van der Waals surface area (Å²) in [5, 5.41) is 0. The molecule has 8 heteroatoms. The lowest BCUT2D eigenvalue weighted by atomic mass is 9.93. The summed E-state index contributed by atoms with van der Waals surface area (Å²) < 4.78 is 28.1.